The smallest absolute Gasteiger partial charge is 0.254 e. The molecule has 0 aliphatic carbocycles. The second-order valence-electron chi connectivity index (χ2n) is 7.35. The molecular weight excluding hydrogens is 379 g/mol. The van der Waals surface area contributed by atoms with Gasteiger partial charge in [0.1, 0.15) is 17.7 Å². The van der Waals surface area contributed by atoms with E-state index in [4.69, 9.17) is 4.74 Å². The molecule has 0 saturated carbocycles. The van der Waals surface area contributed by atoms with E-state index in [1.165, 1.54) is 12.1 Å². The molecule has 0 atom stereocenters. The topological polar surface area (TPSA) is 32.8 Å². The number of rotatable bonds is 6. The molecule has 0 radical (unpaired) electrons. The van der Waals surface area contributed by atoms with Crippen molar-refractivity contribution in [2.75, 3.05) is 26.2 Å². The lowest BCUT2D eigenvalue weighted by Gasteiger charge is -2.32. The van der Waals surface area contributed by atoms with Gasteiger partial charge < -0.3 is 14.5 Å². The van der Waals surface area contributed by atoms with Crippen molar-refractivity contribution >= 4 is 18.3 Å². The van der Waals surface area contributed by atoms with Crippen LogP contribution in [0.3, 0.4) is 0 Å². The Morgan fingerprint density at radius 1 is 1.00 bits per heavy atom. The minimum Gasteiger partial charge on any atom is -0.490 e. The summed E-state index contributed by atoms with van der Waals surface area (Å²) < 4.78 is 18.9. The Balaban J connectivity index is 0.00000225. The second kappa shape index (κ2) is 9.39. The minimum absolute atomic E-state index is 0. The van der Waals surface area contributed by atoms with Gasteiger partial charge in [-0.2, -0.15) is 0 Å². The standard InChI is InChI=1S/C22H25FN2O2.ClH/c23-18-6-8-19(9-7-18)27-20-10-14-24(15-11-20)12-3-13-25-16-17-4-1-2-5-21(17)22(25)26;/h1-2,4-9,20H,3,10-16H2;1H. The summed E-state index contributed by atoms with van der Waals surface area (Å²) in [5.74, 6) is 0.663. The Morgan fingerprint density at radius 3 is 2.43 bits per heavy atom. The lowest BCUT2D eigenvalue weighted by molar-refractivity contribution is 0.0753. The molecule has 0 N–H and O–H groups in total. The third-order valence-corrected chi connectivity index (χ3v) is 5.45. The first-order valence-electron chi connectivity index (χ1n) is 9.71. The zero-order chi connectivity index (χ0) is 18.6. The monoisotopic (exact) mass is 404 g/mol. The van der Waals surface area contributed by atoms with Crippen LogP contribution in [-0.4, -0.2) is 48.0 Å². The number of carbonyl (C=O) groups is 1. The predicted molar refractivity (Wildman–Crippen MR) is 110 cm³/mol. The van der Waals surface area contributed by atoms with Crippen molar-refractivity contribution in [3.63, 3.8) is 0 Å². The molecule has 2 aliphatic rings. The minimum atomic E-state index is -0.239. The van der Waals surface area contributed by atoms with Crippen molar-refractivity contribution < 1.29 is 13.9 Å². The lowest BCUT2D eigenvalue weighted by atomic mass is 10.1. The molecule has 1 saturated heterocycles. The van der Waals surface area contributed by atoms with Crippen LogP contribution in [0.5, 0.6) is 5.75 Å². The van der Waals surface area contributed by atoms with Gasteiger partial charge in [0, 0.05) is 31.7 Å². The van der Waals surface area contributed by atoms with Crippen LogP contribution in [0.1, 0.15) is 35.2 Å². The highest BCUT2D eigenvalue weighted by atomic mass is 35.5. The first-order valence-corrected chi connectivity index (χ1v) is 9.71. The van der Waals surface area contributed by atoms with E-state index >= 15 is 0 Å². The SMILES string of the molecule is Cl.O=C1c2ccccc2CN1CCCN1CCC(Oc2ccc(F)cc2)CC1. The maximum absolute atomic E-state index is 13.0. The van der Waals surface area contributed by atoms with E-state index in [2.05, 4.69) is 4.90 Å². The number of benzene rings is 2. The Labute approximate surface area is 171 Å². The molecule has 2 aromatic carbocycles. The van der Waals surface area contributed by atoms with Gasteiger partial charge in [-0.1, -0.05) is 18.2 Å². The first kappa shape index (κ1) is 20.6. The van der Waals surface area contributed by atoms with Crippen LogP contribution in [0.25, 0.3) is 0 Å². The number of nitrogens with zero attached hydrogens (tertiary/aromatic N) is 2. The number of carbonyl (C=O) groups excluding carboxylic acids is 1. The van der Waals surface area contributed by atoms with Gasteiger partial charge in [-0.15, -0.1) is 12.4 Å². The van der Waals surface area contributed by atoms with Gasteiger partial charge in [0.05, 0.1) is 0 Å². The van der Waals surface area contributed by atoms with Gasteiger partial charge in [-0.3, -0.25) is 4.79 Å². The molecule has 1 amide bonds. The quantitative estimate of drug-likeness (QED) is 0.725. The van der Waals surface area contributed by atoms with E-state index < -0.39 is 0 Å². The number of likely N-dealkylation sites (tertiary alicyclic amines) is 1. The fourth-order valence-corrected chi connectivity index (χ4v) is 3.94. The van der Waals surface area contributed by atoms with Gasteiger partial charge >= 0.3 is 0 Å². The third-order valence-electron chi connectivity index (χ3n) is 5.45. The summed E-state index contributed by atoms with van der Waals surface area (Å²) in [6.07, 6.45) is 3.14. The van der Waals surface area contributed by atoms with E-state index in [1.54, 1.807) is 12.1 Å². The number of fused-ring (bicyclic) bond motifs is 1. The summed E-state index contributed by atoms with van der Waals surface area (Å²) in [5, 5.41) is 0. The molecule has 0 spiro atoms. The fraction of sp³-hybridized carbons (Fsp3) is 0.409. The van der Waals surface area contributed by atoms with Gasteiger partial charge in [-0.25, -0.2) is 4.39 Å². The Morgan fingerprint density at radius 2 is 1.71 bits per heavy atom. The zero-order valence-corrected chi connectivity index (χ0v) is 16.7. The van der Waals surface area contributed by atoms with E-state index in [9.17, 15) is 9.18 Å². The zero-order valence-electron chi connectivity index (χ0n) is 15.9. The van der Waals surface area contributed by atoms with Crippen molar-refractivity contribution in [1.29, 1.82) is 0 Å². The average molecular weight is 405 g/mol. The number of hydrogen-bond acceptors (Lipinski definition) is 3. The van der Waals surface area contributed by atoms with Crippen molar-refractivity contribution in [3.05, 3.63) is 65.5 Å². The van der Waals surface area contributed by atoms with E-state index in [-0.39, 0.29) is 30.2 Å². The highest BCUT2D eigenvalue weighted by molar-refractivity contribution is 5.98. The molecule has 1 fully saturated rings. The van der Waals surface area contributed by atoms with Gasteiger partial charge in [-0.05, 0) is 61.7 Å². The number of halogens is 2. The second-order valence-corrected chi connectivity index (χ2v) is 7.35. The average Bonchev–Trinajstić information content (AvgIpc) is 3.01. The maximum atomic E-state index is 13.0. The van der Waals surface area contributed by atoms with Crippen LogP contribution in [0.4, 0.5) is 4.39 Å². The first-order chi connectivity index (χ1) is 13.2. The van der Waals surface area contributed by atoms with E-state index in [0.29, 0.717) is 0 Å². The van der Waals surface area contributed by atoms with Crippen molar-refractivity contribution in [3.8, 4) is 5.75 Å². The molecule has 4 nitrogen and oxygen atoms in total. The van der Waals surface area contributed by atoms with Gasteiger partial charge in [0.15, 0.2) is 0 Å². The maximum Gasteiger partial charge on any atom is 0.254 e. The predicted octanol–water partition coefficient (Wildman–Crippen LogP) is 4.14. The summed E-state index contributed by atoms with van der Waals surface area (Å²) in [4.78, 5) is 16.8. The summed E-state index contributed by atoms with van der Waals surface area (Å²) in [6, 6.07) is 14.1. The van der Waals surface area contributed by atoms with Crippen LogP contribution < -0.4 is 4.74 Å². The number of piperidine rings is 1. The summed E-state index contributed by atoms with van der Waals surface area (Å²) in [6.45, 7) is 4.55. The van der Waals surface area contributed by atoms with E-state index in [0.717, 1.165) is 68.9 Å². The Kier molecular flexibility index (Phi) is 6.92. The Hall–Kier alpha value is -2.11. The Bertz CT molecular complexity index is 791. The van der Waals surface area contributed by atoms with Gasteiger partial charge in [0.25, 0.3) is 5.91 Å². The third kappa shape index (κ3) is 4.83. The van der Waals surface area contributed by atoms with Crippen LogP contribution >= 0.6 is 12.4 Å². The van der Waals surface area contributed by atoms with Crippen LogP contribution in [0.15, 0.2) is 48.5 Å². The molecule has 150 valence electrons. The van der Waals surface area contributed by atoms with Gasteiger partial charge in [0.2, 0.25) is 0 Å². The summed E-state index contributed by atoms with van der Waals surface area (Å²) >= 11 is 0. The molecule has 0 bridgehead atoms. The summed E-state index contributed by atoms with van der Waals surface area (Å²) in [7, 11) is 0. The molecule has 0 aromatic heterocycles. The molecule has 2 aromatic rings. The number of amides is 1. The highest BCUT2D eigenvalue weighted by Gasteiger charge is 2.26. The summed E-state index contributed by atoms with van der Waals surface area (Å²) in [5.41, 5.74) is 2.00. The molecule has 2 heterocycles. The number of hydrogen-bond donors (Lipinski definition) is 0. The van der Waals surface area contributed by atoms with Crippen molar-refractivity contribution in [2.45, 2.75) is 31.9 Å². The van der Waals surface area contributed by atoms with Crippen LogP contribution in [0.2, 0.25) is 0 Å². The van der Waals surface area contributed by atoms with Crippen molar-refractivity contribution in [2.24, 2.45) is 0 Å². The largest absolute Gasteiger partial charge is 0.490 e. The fourth-order valence-electron chi connectivity index (χ4n) is 3.94. The molecule has 28 heavy (non-hydrogen) atoms. The van der Waals surface area contributed by atoms with Crippen LogP contribution in [0, 0.1) is 5.82 Å². The molecule has 6 heteroatoms. The molecular formula is C22H26ClFN2O2. The van der Waals surface area contributed by atoms with E-state index in [1.807, 2.05) is 29.2 Å². The normalized spacial score (nSPS) is 17.3. The van der Waals surface area contributed by atoms with Crippen LogP contribution in [-0.2, 0) is 6.54 Å². The molecule has 2 aliphatic heterocycles. The highest BCUT2D eigenvalue weighted by Crippen LogP contribution is 2.23. The number of ether oxygens (including phenoxy) is 1. The van der Waals surface area contributed by atoms with Crippen molar-refractivity contribution in [1.82, 2.24) is 9.80 Å². The molecule has 0 unspecified atom stereocenters. The lowest BCUT2D eigenvalue weighted by Crippen LogP contribution is -2.39. The molecule has 4 rings (SSSR count).